The number of morpholine rings is 1. The van der Waals surface area contributed by atoms with Crippen LogP contribution in [0.2, 0.25) is 0 Å². The van der Waals surface area contributed by atoms with Crippen LogP contribution in [0.4, 0.5) is 0 Å². The molecule has 112 valence electrons. The zero-order valence-electron chi connectivity index (χ0n) is 11.1. The molecule has 2 aromatic rings. The molecule has 0 spiro atoms. The number of nitrogens with zero attached hydrogens (tertiary/aromatic N) is 1. The summed E-state index contributed by atoms with van der Waals surface area (Å²) in [5.41, 5.74) is 1.00. The number of ether oxygens (including phenoxy) is 1. The molecule has 7 heteroatoms. The van der Waals surface area contributed by atoms with Gasteiger partial charge in [0.15, 0.2) is 0 Å². The molecular weight excluding hydrogens is 374 g/mol. The molecule has 1 aliphatic heterocycles. The van der Waals surface area contributed by atoms with Crippen LogP contribution in [0.3, 0.4) is 0 Å². The summed E-state index contributed by atoms with van der Waals surface area (Å²) in [6, 6.07) is 11.5. The molecule has 3 rings (SSSR count). The summed E-state index contributed by atoms with van der Waals surface area (Å²) < 4.78 is 33.6. The summed E-state index contributed by atoms with van der Waals surface area (Å²) in [4.78, 5) is 0. The quantitative estimate of drug-likeness (QED) is 0.811. The second kappa shape index (κ2) is 6.18. The van der Waals surface area contributed by atoms with Gasteiger partial charge in [0.05, 0.1) is 12.7 Å². The third-order valence-corrected chi connectivity index (χ3v) is 7.87. The van der Waals surface area contributed by atoms with E-state index >= 15 is 0 Å². The lowest BCUT2D eigenvalue weighted by molar-refractivity contribution is -0.00250. The lowest BCUT2D eigenvalue weighted by Gasteiger charge is -2.32. The zero-order valence-corrected chi connectivity index (χ0v) is 14.3. The van der Waals surface area contributed by atoms with Gasteiger partial charge in [-0.2, -0.15) is 4.31 Å². The Morgan fingerprint density at radius 1 is 1.24 bits per heavy atom. The van der Waals surface area contributed by atoms with Gasteiger partial charge in [0, 0.05) is 17.6 Å². The van der Waals surface area contributed by atoms with Gasteiger partial charge >= 0.3 is 0 Å². The van der Waals surface area contributed by atoms with Crippen molar-refractivity contribution in [1.82, 2.24) is 4.31 Å². The lowest BCUT2D eigenvalue weighted by atomic mass is 10.1. The Hall–Kier alpha value is -0.730. The number of benzene rings is 1. The second-order valence-electron chi connectivity index (χ2n) is 4.69. The molecule has 0 aliphatic carbocycles. The van der Waals surface area contributed by atoms with Crippen molar-refractivity contribution in [2.45, 2.75) is 10.3 Å². The Kier molecular flexibility index (Phi) is 4.46. The SMILES string of the molecule is O=S(=O)(c1sccc1Br)N1CCOC(c2ccccc2)C1. The van der Waals surface area contributed by atoms with Gasteiger partial charge < -0.3 is 4.74 Å². The minimum absolute atomic E-state index is 0.214. The molecular formula is C14H14BrNO3S2. The average molecular weight is 388 g/mol. The number of hydrogen-bond acceptors (Lipinski definition) is 4. The van der Waals surface area contributed by atoms with E-state index in [1.165, 1.54) is 15.6 Å². The summed E-state index contributed by atoms with van der Waals surface area (Å²) in [7, 11) is -3.47. The second-order valence-corrected chi connectivity index (χ2v) is 8.59. The van der Waals surface area contributed by atoms with Crippen molar-refractivity contribution in [2.75, 3.05) is 19.7 Å². The van der Waals surface area contributed by atoms with Gasteiger partial charge in [0.1, 0.15) is 4.21 Å². The van der Waals surface area contributed by atoms with Crippen molar-refractivity contribution in [3.05, 3.63) is 51.8 Å². The summed E-state index contributed by atoms with van der Waals surface area (Å²) in [5.74, 6) is 0. The van der Waals surface area contributed by atoms with Crippen LogP contribution in [0.15, 0.2) is 50.5 Å². The highest BCUT2D eigenvalue weighted by molar-refractivity contribution is 9.10. The van der Waals surface area contributed by atoms with Crippen LogP contribution >= 0.6 is 27.3 Å². The van der Waals surface area contributed by atoms with E-state index in [9.17, 15) is 8.42 Å². The van der Waals surface area contributed by atoms with Crippen molar-refractivity contribution >= 4 is 37.3 Å². The van der Waals surface area contributed by atoms with Crippen molar-refractivity contribution < 1.29 is 13.2 Å². The molecule has 4 nitrogen and oxygen atoms in total. The Labute approximate surface area is 136 Å². The summed E-state index contributed by atoms with van der Waals surface area (Å²) in [6.07, 6.45) is -0.214. The first-order valence-corrected chi connectivity index (χ1v) is 9.60. The predicted molar refractivity (Wildman–Crippen MR) is 85.9 cm³/mol. The fourth-order valence-corrected chi connectivity index (χ4v) is 6.17. The largest absolute Gasteiger partial charge is 0.371 e. The van der Waals surface area contributed by atoms with Crippen LogP contribution in [-0.2, 0) is 14.8 Å². The molecule has 0 amide bonds. The standard InChI is InChI=1S/C14H14BrNO3S2/c15-12-6-9-20-14(12)21(17,18)16-7-8-19-13(10-16)11-4-2-1-3-5-11/h1-6,9,13H,7-8,10H2. The van der Waals surface area contributed by atoms with Gasteiger partial charge in [-0.3, -0.25) is 0 Å². The van der Waals surface area contributed by atoms with Gasteiger partial charge in [-0.1, -0.05) is 30.3 Å². The van der Waals surface area contributed by atoms with Crippen molar-refractivity contribution in [3.8, 4) is 0 Å². The van der Waals surface area contributed by atoms with Gasteiger partial charge in [-0.25, -0.2) is 8.42 Å². The molecule has 0 saturated carbocycles. The van der Waals surface area contributed by atoms with Crippen LogP contribution in [0, 0.1) is 0 Å². The van der Waals surface area contributed by atoms with Gasteiger partial charge in [0.2, 0.25) is 0 Å². The molecule has 1 fully saturated rings. The van der Waals surface area contributed by atoms with Gasteiger partial charge in [0.25, 0.3) is 10.0 Å². The Bertz CT molecular complexity index is 715. The van der Waals surface area contributed by atoms with E-state index in [1.807, 2.05) is 30.3 Å². The van der Waals surface area contributed by atoms with Crippen molar-refractivity contribution in [2.24, 2.45) is 0 Å². The van der Waals surface area contributed by atoms with Crippen molar-refractivity contribution in [3.63, 3.8) is 0 Å². The summed E-state index contributed by atoms with van der Waals surface area (Å²) in [6.45, 7) is 1.13. The summed E-state index contributed by atoms with van der Waals surface area (Å²) in [5, 5.41) is 1.77. The number of hydrogen-bond donors (Lipinski definition) is 0. The first-order valence-electron chi connectivity index (χ1n) is 6.49. The number of thiophene rings is 1. The molecule has 2 heterocycles. The van der Waals surface area contributed by atoms with E-state index in [0.29, 0.717) is 28.4 Å². The lowest BCUT2D eigenvalue weighted by Crippen LogP contribution is -2.42. The normalized spacial score (nSPS) is 20.5. The molecule has 0 N–H and O–H groups in total. The average Bonchev–Trinajstić information content (AvgIpc) is 2.95. The molecule has 1 unspecified atom stereocenters. The van der Waals surface area contributed by atoms with Crippen LogP contribution in [-0.4, -0.2) is 32.4 Å². The topological polar surface area (TPSA) is 46.6 Å². The molecule has 1 aromatic heterocycles. The highest BCUT2D eigenvalue weighted by Gasteiger charge is 2.33. The number of rotatable bonds is 3. The zero-order chi connectivity index (χ0) is 14.9. The first-order chi connectivity index (χ1) is 10.1. The Balaban J connectivity index is 1.85. The molecule has 0 bridgehead atoms. The highest BCUT2D eigenvalue weighted by Crippen LogP contribution is 2.33. The monoisotopic (exact) mass is 387 g/mol. The van der Waals surface area contributed by atoms with E-state index in [1.54, 1.807) is 11.4 Å². The minimum atomic E-state index is -3.47. The third-order valence-electron chi connectivity index (χ3n) is 3.36. The maximum absolute atomic E-state index is 12.7. The molecule has 1 aliphatic rings. The van der Waals surface area contributed by atoms with Crippen LogP contribution < -0.4 is 0 Å². The number of sulfonamides is 1. The van der Waals surface area contributed by atoms with E-state index in [-0.39, 0.29) is 6.10 Å². The molecule has 0 radical (unpaired) electrons. The smallest absolute Gasteiger partial charge is 0.253 e. The van der Waals surface area contributed by atoms with E-state index in [0.717, 1.165) is 5.56 Å². The van der Waals surface area contributed by atoms with Gasteiger partial charge in [-0.05, 0) is 32.9 Å². The summed E-state index contributed by atoms with van der Waals surface area (Å²) >= 11 is 4.53. The van der Waals surface area contributed by atoms with Crippen LogP contribution in [0.1, 0.15) is 11.7 Å². The van der Waals surface area contributed by atoms with E-state index < -0.39 is 10.0 Å². The Morgan fingerprint density at radius 2 is 2.00 bits per heavy atom. The van der Waals surface area contributed by atoms with Crippen molar-refractivity contribution in [1.29, 1.82) is 0 Å². The van der Waals surface area contributed by atoms with Crippen LogP contribution in [0.25, 0.3) is 0 Å². The van der Waals surface area contributed by atoms with E-state index in [2.05, 4.69) is 15.9 Å². The minimum Gasteiger partial charge on any atom is -0.371 e. The third kappa shape index (κ3) is 3.07. The molecule has 21 heavy (non-hydrogen) atoms. The first kappa shape index (κ1) is 15.2. The maximum Gasteiger partial charge on any atom is 0.253 e. The van der Waals surface area contributed by atoms with Crippen LogP contribution in [0.5, 0.6) is 0 Å². The fraction of sp³-hybridized carbons (Fsp3) is 0.286. The molecule has 1 aromatic carbocycles. The highest BCUT2D eigenvalue weighted by atomic mass is 79.9. The fourth-order valence-electron chi connectivity index (χ4n) is 2.29. The van der Waals surface area contributed by atoms with Gasteiger partial charge in [-0.15, -0.1) is 11.3 Å². The number of halogens is 1. The van der Waals surface area contributed by atoms with E-state index in [4.69, 9.17) is 4.74 Å². The molecule has 1 saturated heterocycles. The maximum atomic E-state index is 12.7. The Morgan fingerprint density at radius 3 is 2.67 bits per heavy atom. The molecule has 1 atom stereocenters. The predicted octanol–water partition coefficient (Wildman–Crippen LogP) is 3.27.